The van der Waals surface area contributed by atoms with Gasteiger partial charge in [0.15, 0.2) is 0 Å². The quantitative estimate of drug-likeness (QED) is 0.487. The van der Waals surface area contributed by atoms with Crippen LogP contribution in [0.2, 0.25) is 0 Å². The molecule has 0 radical (unpaired) electrons. The molecule has 0 aliphatic heterocycles. The van der Waals surface area contributed by atoms with Crippen molar-refractivity contribution in [2.75, 3.05) is 7.11 Å². The van der Waals surface area contributed by atoms with Crippen LogP contribution in [0.25, 0.3) is 21.5 Å². The number of carbonyl (C=O) groups is 1. The van der Waals surface area contributed by atoms with Gasteiger partial charge in [0.2, 0.25) is 0 Å². The van der Waals surface area contributed by atoms with Crippen molar-refractivity contribution in [2.24, 2.45) is 0 Å². The Balaban J connectivity index is 2.47. The molecular formula is C16H11BrO2. The third kappa shape index (κ3) is 1.90. The summed E-state index contributed by atoms with van der Waals surface area (Å²) in [5, 5.41) is 4.26. The number of halogens is 1. The zero-order chi connectivity index (χ0) is 13.4. The lowest BCUT2D eigenvalue weighted by molar-refractivity contribution is 0.0602. The van der Waals surface area contributed by atoms with Gasteiger partial charge in [-0.2, -0.15) is 0 Å². The first kappa shape index (κ1) is 12.2. The molecule has 0 aromatic heterocycles. The van der Waals surface area contributed by atoms with E-state index in [4.69, 9.17) is 4.74 Å². The monoisotopic (exact) mass is 314 g/mol. The van der Waals surface area contributed by atoms with E-state index in [1.165, 1.54) is 7.11 Å². The number of fused-ring (bicyclic) bond motifs is 3. The van der Waals surface area contributed by atoms with Crippen LogP contribution in [-0.4, -0.2) is 13.1 Å². The fraction of sp³-hybridized carbons (Fsp3) is 0.0625. The molecule has 3 aromatic carbocycles. The molecule has 0 aliphatic carbocycles. The summed E-state index contributed by atoms with van der Waals surface area (Å²) in [4.78, 5) is 11.9. The van der Waals surface area contributed by atoms with Gasteiger partial charge in [-0.25, -0.2) is 4.79 Å². The Kier molecular flexibility index (Phi) is 2.99. The Morgan fingerprint density at radius 1 is 0.947 bits per heavy atom. The highest BCUT2D eigenvalue weighted by Gasteiger charge is 2.15. The van der Waals surface area contributed by atoms with Gasteiger partial charge in [-0.05, 0) is 43.5 Å². The van der Waals surface area contributed by atoms with Crippen LogP contribution >= 0.6 is 15.9 Å². The summed E-state index contributed by atoms with van der Waals surface area (Å²) in [6.07, 6.45) is 0. The van der Waals surface area contributed by atoms with Crippen LogP contribution in [0, 0.1) is 0 Å². The smallest absolute Gasteiger partial charge is 0.339 e. The number of methoxy groups -OCH3 is 1. The molecule has 3 aromatic rings. The van der Waals surface area contributed by atoms with E-state index in [1.807, 2.05) is 36.4 Å². The van der Waals surface area contributed by atoms with Crippen LogP contribution in [0.4, 0.5) is 0 Å². The third-order valence-electron chi connectivity index (χ3n) is 3.26. The third-order valence-corrected chi connectivity index (χ3v) is 3.93. The molecule has 0 heterocycles. The summed E-state index contributed by atoms with van der Waals surface area (Å²) in [6.45, 7) is 0. The van der Waals surface area contributed by atoms with Crippen LogP contribution in [0.1, 0.15) is 10.4 Å². The van der Waals surface area contributed by atoms with Crippen molar-refractivity contribution in [1.29, 1.82) is 0 Å². The van der Waals surface area contributed by atoms with Gasteiger partial charge in [-0.3, -0.25) is 0 Å². The highest BCUT2D eigenvalue weighted by molar-refractivity contribution is 9.10. The summed E-state index contributed by atoms with van der Waals surface area (Å²) in [6, 6.07) is 16.0. The maximum absolute atomic E-state index is 11.9. The number of esters is 1. The molecule has 3 heteroatoms. The number of carbonyl (C=O) groups excluding carboxylic acids is 1. The number of ether oxygens (including phenoxy) is 1. The second-order valence-corrected chi connectivity index (χ2v) is 5.15. The number of hydrogen-bond acceptors (Lipinski definition) is 2. The molecule has 0 amide bonds. The van der Waals surface area contributed by atoms with Crippen LogP contribution < -0.4 is 0 Å². The Morgan fingerprint density at radius 2 is 1.68 bits per heavy atom. The van der Waals surface area contributed by atoms with Crippen molar-refractivity contribution in [3.05, 3.63) is 58.6 Å². The predicted octanol–water partition coefficient (Wildman–Crippen LogP) is 4.54. The first-order chi connectivity index (χ1) is 9.22. The number of rotatable bonds is 1. The molecule has 0 N–H and O–H groups in total. The van der Waals surface area contributed by atoms with Gasteiger partial charge in [-0.1, -0.05) is 42.5 Å². The minimum absolute atomic E-state index is 0.326. The van der Waals surface area contributed by atoms with Crippen LogP contribution in [-0.2, 0) is 4.74 Å². The van der Waals surface area contributed by atoms with Gasteiger partial charge in [0, 0.05) is 4.47 Å². The van der Waals surface area contributed by atoms with Gasteiger partial charge in [0.05, 0.1) is 12.7 Å². The van der Waals surface area contributed by atoms with E-state index in [1.54, 1.807) is 0 Å². The molecule has 0 saturated heterocycles. The molecule has 94 valence electrons. The number of benzene rings is 3. The van der Waals surface area contributed by atoms with Gasteiger partial charge >= 0.3 is 5.97 Å². The predicted molar refractivity (Wildman–Crippen MR) is 80.5 cm³/mol. The lowest BCUT2D eigenvalue weighted by Gasteiger charge is -2.09. The molecule has 0 aliphatic rings. The molecule has 0 saturated carbocycles. The molecule has 0 fully saturated rings. The first-order valence-electron chi connectivity index (χ1n) is 5.90. The van der Waals surface area contributed by atoms with E-state index in [9.17, 15) is 4.79 Å². The topological polar surface area (TPSA) is 26.3 Å². The highest BCUT2D eigenvalue weighted by Crippen LogP contribution is 2.32. The van der Waals surface area contributed by atoms with E-state index in [0.29, 0.717) is 5.56 Å². The molecule has 0 unspecified atom stereocenters. The van der Waals surface area contributed by atoms with E-state index in [-0.39, 0.29) is 5.97 Å². The maximum atomic E-state index is 11.9. The zero-order valence-corrected chi connectivity index (χ0v) is 11.9. The van der Waals surface area contributed by atoms with E-state index >= 15 is 0 Å². The maximum Gasteiger partial charge on any atom is 0.339 e. The largest absolute Gasteiger partial charge is 0.465 e. The zero-order valence-electron chi connectivity index (χ0n) is 10.3. The summed E-state index contributed by atoms with van der Waals surface area (Å²) in [5.74, 6) is -0.326. The molecule has 0 spiro atoms. The van der Waals surface area contributed by atoms with Gasteiger partial charge < -0.3 is 4.74 Å². The van der Waals surface area contributed by atoms with Crippen LogP contribution in [0.5, 0.6) is 0 Å². The summed E-state index contributed by atoms with van der Waals surface area (Å²) in [5.41, 5.74) is 0.575. The normalized spacial score (nSPS) is 10.8. The lowest BCUT2D eigenvalue weighted by atomic mass is 9.98. The van der Waals surface area contributed by atoms with E-state index in [0.717, 1.165) is 26.0 Å². The highest BCUT2D eigenvalue weighted by atomic mass is 79.9. The molecular weight excluding hydrogens is 304 g/mol. The van der Waals surface area contributed by atoms with Crippen LogP contribution in [0.15, 0.2) is 53.0 Å². The second-order valence-electron chi connectivity index (χ2n) is 4.30. The van der Waals surface area contributed by atoms with Gasteiger partial charge in [0.25, 0.3) is 0 Å². The second kappa shape index (κ2) is 4.67. The van der Waals surface area contributed by atoms with Crippen molar-refractivity contribution in [1.82, 2.24) is 0 Å². The van der Waals surface area contributed by atoms with Gasteiger partial charge in [0.1, 0.15) is 0 Å². The Morgan fingerprint density at radius 3 is 2.47 bits per heavy atom. The summed E-state index contributed by atoms with van der Waals surface area (Å²) < 4.78 is 5.62. The molecule has 0 bridgehead atoms. The minimum Gasteiger partial charge on any atom is -0.465 e. The summed E-state index contributed by atoms with van der Waals surface area (Å²) in [7, 11) is 1.40. The Bertz CT molecular complexity index is 793. The average Bonchev–Trinajstić information content (AvgIpc) is 2.46. The molecule has 3 rings (SSSR count). The number of hydrogen-bond donors (Lipinski definition) is 0. The fourth-order valence-corrected chi connectivity index (χ4v) is 2.88. The summed E-state index contributed by atoms with van der Waals surface area (Å²) >= 11 is 3.42. The minimum atomic E-state index is -0.326. The van der Waals surface area contributed by atoms with Crippen molar-refractivity contribution in [3.8, 4) is 0 Å². The molecule has 19 heavy (non-hydrogen) atoms. The van der Waals surface area contributed by atoms with Crippen molar-refractivity contribution in [3.63, 3.8) is 0 Å². The Hall–Kier alpha value is -1.87. The lowest BCUT2D eigenvalue weighted by Crippen LogP contribution is -2.03. The molecule has 0 atom stereocenters. The Labute approximate surface area is 119 Å². The molecule has 2 nitrogen and oxygen atoms in total. The van der Waals surface area contributed by atoms with E-state index in [2.05, 4.69) is 28.1 Å². The van der Waals surface area contributed by atoms with Gasteiger partial charge in [-0.15, -0.1) is 0 Å². The van der Waals surface area contributed by atoms with Crippen molar-refractivity contribution in [2.45, 2.75) is 0 Å². The first-order valence-corrected chi connectivity index (χ1v) is 6.70. The van der Waals surface area contributed by atoms with Crippen molar-refractivity contribution < 1.29 is 9.53 Å². The van der Waals surface area contributed by atoms with Crippen molar-refractivity contribution >= 4 is 43.4 Å². The van der Waals surface area contributed by atoms with Crippen LogP contribution in [0.3, 0.4) is 0 Å². The fourth-order valence-electron chi connectivity index (χ4n) is 2.37. The standard InChI is InChI=1S/C16H11BrO2/c1-19-16(18)15-13-7-6-10-4-2-3-5-11(10)12(13)8-9-14(15)17/h2-9H,1H3. The average molecular weight is 315 g/mol. The van der Waals surface area contributed by atoms with E-state index < -0.39 is 0 Å². The SMILES string of the molecule is COC(=O)c1c(Br)ccc2c1ccc1ccccc12.